The third-order valence-electron chi connectivity index (χ3n) is 3.59. The van der Waals surface area contributed by atoms with Gasteiger partial charge in [-0.2, -0.15) is 0 Å². The number of carbonyl (C=O) groups is 2. The van der Waals surface area contributed by atoms with Crippen molar-refractivity contribution < 1.29 is 14.0 Å². The SMILES string of the molecule is CC(C)CNC(=O)C1CC(=O)N(Cc2ccccc2F)C1. The number of likely N-dealkylation sites (tertiary alicyclic amines) is 1. The molecule has 1 aliphatic heterocycles. The van der Waals surface area contributed by atoms with Gasteiger partial charge >= 0.3 is 0 Å². The zero-order chi connectivity index (χ0) is 15.4. The Hall–Kier alpha value is -1.91. The molecule has 1 aromatic rings. The zero-order valence-electron chi connectivity index (χ0n) is 12.4. The summed E-state index contributed by atoms with van der Waals surface area (Å²) in [6, 6.07) is 6.40. The zero-order valence-corrected chi connectivity index (χ0v) is 12.4. The number of amides is 2. The summed E-state index contributed by atoms with van der Waals surface area (Å²) in [5, 5.41) is 2.85. The van der Waals surface area contributed by atoms with E-state index in [9.17, 15) is 14.0 Å². The monoisotopic (exact) mass is 292 g/mol. The van der Waals surface area contributed by atoms with E-state index in [1.807, 2.05) is 13.8 Å². The van der Waals surface area contributed by atoms with E-state index in [0.29, 0.717) is 24.6 Å². The van der Waals surface area contributed by atoms with Gasteiger partial charge in [0.1, 0.15) is 5.82 Å². The highest BCUT2D eigenvalue weighted by Crippen LogP contribution is 2.21. The number of carbonyl (C=O) groups excluding carboxylic acids is 2. The van der Waals surface area contributed by atoms with Crippen LogP contribution in [0.15, 0.2) is 24.3 Å². The minimum atomic E-state index is -0.331. The van der Waals surface area contributed by atoms with Gasteiger partial charge in [0.05, 0.1) is 5.92 Å². The molecule has 4 nitrogen and oxygen atoms in total. The second-order valence-electron chi connectivity index (χ2n) is 5.91. The van der Waals surface area contributed by atoms with Crippen LogP contribution in [0.3, 0.4) is 0 Å². The van der Waals surface area contributed by atoms with E-state index in [-0.39, 0.29) is 36.5 Å². The minimum Gasteiger partial charge on any atom is -0.356 e. The number of benzene rings is 1. The molecular formula is C16H21FN2O2. The highest BCUT2D eigenvalue weighted by molar-refractivity contribution is 5.89. The second kappa shape index (κ2) is 6.70. The van der Waals surface area contributed by atoms with Crippen molar-refractivity contribution in [1.29, 1.82) is 0 Å². The Morgan fingerprint density at radius 1 is 1.43 bits per heavy atom. The van der Waals surface area contributed by atoms with Crippen molar-refractivity contribution >= 4 is 11.8 Å². The Kier molecular flexibility index (Phi) is 4.94. The summed E-state index contributed by atoms with van der Waals surface area (Å²) in [5.41, 5.74) is 0.481. The molecular weight excluding hydrogens is 271 g/mol. The van der Waals surface area contributed by atoms with Gasteiger partial charge in [-0.05, 0) is 12.0 Å². The quantitative estimate of drug-likeness (QED) is 0.901. The van der Waals surface area contributed by atoms with E-state index >= 15 is 0 Å². The van der Waals surface area contributed by atoms with Crippen molar-refractivity contribution in [3.05, 3.63) is 35.6 Å². The molecule has 0 spiro atoms. The molecule has 1 atom stereocenters. The maximum Gasteiger partial charge on any atom is 0.225 e. The van der Waals surface area contributed by atoms with E-state index in [1.54, 1.807) is 23.1 Å². The lowest BCUT2D eigenvalue weighted by Crippen LogP contribution is -2.34. The van der Waals surface area contributed by atoms with Crippen LogP contribution in [0.1, 0.15) is 25.8 Å². The molecule has 0 saturated carbocycles. The van der Waals surface area contributed by atoms with Crippen LogP contribution in [-0.4, -0.2) is 29.8 Å². The van der Waals surface area contributed by atoms with Crippen LogP contribution < -0.4 is 5.32 Å². The van der Waals surface area contributed by atoms with Crippen LogP contribution in [0.2, 0.25) is 0 Å². The topological polar surface area (TPSA) is 49.4 Å². The van der Waals surface area contributed by atoms with Crippen molar-refractivity contribution in [3.63, 3.8) is 0 Å². The summed E-state index contributed by atoms with van der Waals surface area (Å²) in [6.07, 6.45) is 0.207. The summed E-state index contributed by atoms with van der Waals surface area (Å²) in [7, 11) is 0. The van der Waals surface area contributed by atoms with Crippen molar-refractivity contribution in [3.8, 4) is 0 Å². The lowest BCUT2D eigenvalue weighted by Gasteiger charge is -2.17. The van der Waals surface area contributed by atoms with Crippen LogP contribution in [0, 0.1) is 17.7 Å². The molecule has 2 amide bonds. The van der Waals surface area contributed by atoms with Gasteiger partial charge in [-0.3, -0.25) is 9.59 Å². The molecule has 0 aliphatic carbocycles. The third-order valence-corrected chi connectivity index (χ3v) is 3.59. The molecule has 21 heavy (non-hydrogen) atoms. The molecule has 1 N–H and O–H groups in total. The first-order valence-corrected chi connectivity index (χ1v) is 7.26. The summed E-state index contributed by atoms with van der Waals surface area (Å²) in [6.45, 7) is 5.22. The van der Waals surface area contributed by atoms with E-state index in [0.717, 1.165) is 0 Å². The maximum atomic E-state index is 13.6. The fraction of sp³-hybridized carbons (Fsp3) is 0.500. The average molecular weight is 292 g/mol. The molecule has 2 rings (SSSR count). The van der Waals surface area contributed by atoms with Crippen molar-refractivity contribution in [1.82, 2.24) is 10.2 Å². The molecule has 5 heteroatoms. The van der Waals surface area contributed by atoms with Gasteiger partial charge in [0.25, 0.3) is 0 Å². The first-order valence-electron chi connectivity index (χ1n) is 7.26. The Morgan fingerprint density at radius 3 is 2.81 bits per heavy atom. The van der Waals surface area contributed by atoms with Crippen LogP contribution in [-0.2, 0) is 16.1 Å². The number of nitrogens with zero attached hydrogens (tertiary/aromatic N) is 1. The molecule has 0 aromatic heterocycles. The van der Waals surface area contributed by atoms with Crippen molar-refractivity contribution in [2.75, 3.05) is 13.1 Å². The number of halogens is 1. The highest BCUT2D eigenvalue weighted by atomic mass is 19.1. The van der Waals surface area contributed by atoms with Gasteiger partial charge in [-0.15, -0.1) is 0 Å². The van der Waals surface area contributed by atoms with E-state index < -0.39 is 0 Å². The van der Waals surface area contributed by atoms with Gasteiger partial charge < -0.3 is 10.2 Å². The van der Waals surface area contributed by atoms with Crippen molar-refractivity contribution in [2.45, 2.75) is 26.8 Å². The number of rotatable bonds is 5. The Morgan fingerprint density at radius 2 is 2.14 bits per heavy atom. The van der Waals surface area contributed by atoms with Crippen molar-refractivity contribution in [2.24, 2.45) is 11.8 Å². The molecule has 1 aliphatic rings. The minimum absolute atomic E-state index is 0.0897. The molecule has 1 fully saturated rings. The summed E-state index contributed by atoms with van der Waals surface area (Å²) in [4.78, 5) is 25.5. The standard InChI is InChI=1S/C16H21FN2O2/c1-11(2)8-18-16(21)13-7-15(20)19(10-13)9-12-5-3-4-6-14(12)17/h3-6,11,13H,7-10H2,1-2H3,(H,18,21). The lowest BCUT2D eigenvalue weighted by atomic mass is 10.1. The predicted molar refractivity (Wildman–Crippen MR) is 77.8 cm³/mol. The molecule has 1 aromatic carbocycles. The third kappa shape index (κ3) is 4.03. The predicted octanol–water partition coefficient (Wildman–Crippen LogP) is 1.95. The van der Waals surface area contributed by atoms with Gasteiger partial charge in [-0.1, -0.05) is 32.0 Å². The first-order chi connectivity index (χ1) is 9.97. The fourth-order valence-corrected chi connectivity index (χ4v) is 2.38. The van der Waals surface area contributed by atoms with Gasteiger partial charge in [-0.25, -0.2) is 4.39 Å². The van der Waals surface area contributed by atoms with E-state index in [1.165, 1.54) is 6.07 Å². The summed E-state index contributed by atoms with van der Waals surface area (Å²) >= 11 is 0. The fourth-order valence-electron chi connectivity index (χ4n) is 2.38. The number of hydrogen-bond donors (Lipinski definition) is 1. The molecule has 1 heterocycles. The van der Waals surface area contributed by atoms with E-state index in [2.05, 4.69) is 5.32 Å². The van der Waals surface area contributed by atoms with Crippen LogP contribution in [0.4, 0.5) is 4.39 Å². The summed E-state index contributed by atoms with van der Waals surface area (Å²) < 4.78 is 13.6. The first kappa shape index (κ1) is 15.5. The van der Waals surface area contributed by atoms with Crippen LogP contribution >= 0.6 is 0 Å². The van der Waals surface area contributed by atoms with Gasteiger partial charge in [0.15, 0.2) is 0 Å². The smallest absolute Gasteiger partial charge is 0.225 e. The van der Waals surface area contributed by atoms with Gasteiger partial charge in [0, 0.05) is 31.6 Å². The second-order valence-corrected chi connectivity index (χ2v) is 5.91. The molecule has 114 valence electrons. The molecule has 0 radical (unpaired) electrons. The van der Waals surface area contributed by atoms with Gasteiger partial charge in [0.2, 0.25) is 11.8 Å². The van der Waals surface area contributed by atoms with Crippen LogP contribution in [0.25, 0.3) is 0 Å². The van der Waals surface area contributed by atoms with E-state index in [4.69, 9.17) is 0 Å². The average Bonchev–Trinajstić information content (AvgIpc) is 2.80. The molecule has 1 saturated heterocycles. The maximum absolute atomic E-state index is 13.6. The Labute approximate surface area is 124 Å². The highest BCUT2D eigenvalue weighted by Gasteiger charge is 2.34. The van der Waals surface area contributed by atoms with Crippen LogP contribution in [0.5, 0.6) is 0 Å². The lowest BCUT2D eigenvalue weighted by molar-refractivity contribution is -0.129. The largest absolute Gasteiger partial charge is 0.356 e. The molecule has 0 bridgehead atoms. The normalized spacial score (nSPS) is 18.4. The molecule has 1 unspecified atom stereocenters. The number of hydrogen-bond acceptors (Lipinski definition) is 2. The summed E-state index contributed by atoms with van der Waals surface area (Å²) in [5.74, 6) is -0.461. The Balaban J connectivity index is 1.94. The Bertz CT molecular complexity index is 531. The number of nitrogens with one attached hydrogen (secondary N) is 1.